The van der Waals surface area contributed by atoms with Gasteiger partial charge in [-0.2, -0.15) is 5.10 Å². The number of amides is 1. The zero-order chi connectivity index (χ0) is 30.4. The Hall–Kier alpha value is -3.57. The van der Waals surface area contributed by atoms with Gasteiger partial charge in [0.25, 0.3) is 0 Å². The number of aromatic nitrogens is 5. The van der Waals surface area contributed by atoms with E-state index in [2.05, 4.69) is 47.4 Å². The van der Waals surface area contributed by atoms with Gasteiger partial charge in [-0.15, -0.1) is 21.5 Å². The molecular weight excluding hydrogens is 574 g/mol. The van der Waals surface area contributed by atoms with Crippen molar-refractivity contribution >= 4 is 33.5 Å². The SMILES string of the molecule is CCN(c1ccc(-c2ccc(-c3cnn(C4CCCCO4)c3)c3ncsc23)nn1)C1CC2CCC(C1)N2C(=O)OC(C)(C)C. The van der Waals surface area contributed by atoms with Crippen LogP contribution in [-0.4, -0.2) is 72.8 Å². The van der Waals surface area contributed by atoms with Gasteiger partial charge in [0.15, 0.2) is 5.82 Å². The van der Waals surface area contributed by atoms with E-state index >= 15 is 0 Å². The van der Waals surface area contributed by atoms with Gasteiger partial charge in [-0.3, -0.25) is 0 Å². The van der Waals surface area contributed by atoms with E-state index in [-0.39, 0.29) is 24.4 Å². The molecule has 2 bridgehead atoms. The van der Waals surface area contributed by atoms with Crippen molar-refractivity contribution in [3.05, 3.63) is 42.2 Å². The molecule has 11 heteroatoms. The highest BCUT2D eigenvalue weighted by Crippen LogP contribution is 2.40. The fraction of sp³-hybridized carbons (Fsp3) is 0.545. The summed E-state index contributed by atoms with van der Waals surface area (Å²) in [5.41, 5.74) is 6.31. The molecule has 3 atom stereocenters. The van der Waals surface area contributed by atoms with Gasteiger partial charge in [0.05, 0.1) is 27.6 Å². The predicted octanol–water partition coefficient (Wildman–Crippen LogP) is 7.07. The van der Waals surface area contributed by atoms with Crippen molar-refractivity contribution in [3.63, 3.8) is 0 Å². The summed E-state index contributed by atoms with van der Waals surface area (Å²) in [5.74, 6) is 0.876. The number of rotatable bonds is 6. The van der Waals surface area contributed by atoms with E-state index < -0.39 is 5.60 Å². The van der Waals surface area contributed by atoms with Gasteiger partial charge in [-0.05, 0) is 84.8 Å². The Morgan fingerprint density at radius 2 is 1.86 bits per heavy atom. The first-order valence-corrected chi connectivity index (χ1v) is 16.8. The molecule has 6 heterocycles. The lowest BCUT2D eigenvalue weighted by atomic mass is 9.96. The minimum atomic E-state index is -0.488. The molecular formula is C33H41N7O3S. The number of thiazole rings is 1. The number of benzene rings is 1. The molecule has 0 saturated carbocycles. The number of ether oxygens (including phenoxy) is 2. The van der Waals surface area contributed by atoms with Crippen LogP contribution in [0.25, 0.3) is 32.6 Å². The van der Waals surface area contributed by atoms with Crippen LogP contribution in [-0.2, 0) is 9.47 Å². The van der Waals surface area contributed by atoms with Crippen molar-refractivity contribution in [1.82, 2.24) is 29.9 Å². The molecule has 10 nitrogen and oxygen atoms in total. The number of carbonyl (C=O) groups excluding carboxylic acids is 1. The van der Waals surface area contributed by atoms with Gasteiger partial charge in [-0.1, -0.05) is 12.1 Å². The zero-order valence-electron chi connectivity index (χ0n) is 26.0. The first kappa shape index (κ1) is 29.2. The van der Waals surface area contributed by atoms with Gasteiger partial charge < -0.3 is 19.3 Å². The summed E-state index contributed by atoms with van der Waals surface area (Å²) < 4.78 is 14.7. The first-order valence-electron chi connectivity index (χ1n) is 15.9. The third-order valence-corrected chi connectivity index (χ3v) is 10.0. The smallest absolute Gasteiger partial charge is 0.410 e. The molecule has 44 heavy (non-hydrogen) atoms. The average molecular weight is 616 g/mol. The van der Waals surface area contributed by atoms with E-state index in [0.29, 0.717) is 6.04 Å². The lowest BCUT2D eigenvalue weighted by molar-refractivity contribution is -0.0394. The average Bonchev–Trinajstić information content (AvgIpc) is 3.76. The molecule has 3 aromatic heterocycles. The van der Waals surface area contributed by atoms with Crippen LogP contribution in [0.15, 0.2) is 42.2 Å². The molecule has 1 amide bonds. The van der Waals surface area contributed by atoms with Crippen LogP contribution in [0.4, 0.5) is 10.6 Å². The largest absolute Gasteiger partial charge is 0.444 e. The predicted molar refractivity (Wildman–Crippen MR) is 172 cm³/mol. The van der Waals surface area contributed by atoms with Crippen LogP contribution in [0.1, 0.15) is 78.9 Å². The van der Waals surface area contributed by atoms with Crippen LogP contribution in [0.2, 0.25) is 0 Å². The van der Waals surface area contributed by atoms with E-state index in [4.69, 9.17) is 24.7 Å². The molecule has 3 unspecified atom stereocenters. The van der Waals surface area contributed by atoms with E-state index in [1.807, 2.05) is 42.1 Å². The number of fused-ring (bicyclic) bond motifs is 3. The second-order valence-corrected chi connectivity index (χ2v) is 14.0. The summed E-state index contributed by atoms with van der Waals surface area (Å²) in [6.45, 7) is 9.57. The summed E-state index contributed by atoms with van der Waals surface area (Å²) in [7, 11) is 0. The molecule has 3 saturated heterocycles. The van der Waals surface area contributed by atoms with Crippen molar-refractivity contribution in [2.75, 3.05) is 18.1 Å². The Balaban J connectivity index is 1.09. The molecule has 1 aromatic carbocycles. The van der Waals surface area contributed by atoms with Crippen LogP contribution in [0, 0.1) is 0 Å². The third kappa shape index (κ3) is 5.56. The molecule has 3 fully saturated rings. The molecule has 232 valence electrons. The third-order valence-electron chi connectivity index (χ3n) is 9.16. The normalized spacial score (nSPS) is 23.7. The molecule has 3 aliphatic rings. The van der Waals surface area contributed by atoms with E-state index in [1.165, 1.54) is 0 Å². The molecule has 4 aromatic rings. The Morgan fingerprint density at radius 3 is 2.55 bits per heavy atom. The maximum atomic E-state index is 13.0. The van der Waals surface area contributed by atoms with E-state index in [9.17, 15) is 4.79 Å². The van der Waals surface area contributed by atoms with Gasteiger partial charge >= 0.3 is 6.09 Å². The van der Waals surface area contributed by atoms with Crippen molar-refractivity contribution in [1.29, 1.82) is 0 Å². The van der Waals surface area contributed by atoms with E-state index in [0.717, 1.165) is 96.5 Å². The minimum absolute atomic E-state index is 0.00635. The fourth-order valence-corrected chi connectivity index (χ4v) is 8.03. The summed E-state index contributed by atoms with van der Waals surface area (Å²) >= 11 is 1.62. The maximum absolute atomic E-state index is 13.0. The Bertz CT molecular complexity index is 1610. The van der Waals surface area contributed by atoms with Crippen LogP contribution in [0.3, 0.4) is 0 Å². The lowest BCUT2D eigenvalue weighted by Gasteiger charge is -2.43. The van der Waals surface area contributed by atoms with Gasteiger partial charge in [0, 0.05) is 54.2 Å². The molecule has 3 aliphatic heterocycles. The van der Waals surface area contributed by atoms with Crippen molar-refractivity contribution in [2.24, 2.45) is 0 Å². The first-order chi connectivity index (χ1) is 21.3. The van der Waals surface area contributed by atoms with Gasteiger partial charge in [0.2, 0.25) is 0 Å². The number of anilines is 1. The fourth-order valence-electron chi connectivity index (χ4n) is 7.20. The highest BCUT2D eigenvalue weighted by Gasteiger charge is 2.46. The Labute approximate surface area is 262 Å². The molecule has 0 radical (unpaired) electrons. The van der Waals surface area contributed by atoms with Crippen molar-refractivity contribution in [2.45, 2.75) is 103 Å². The zero-order valence-corrected chi connectivity index (χ0v) is 26.8. The lowest BCUT2D eigenvalue weighted by Crippen LogP contribution is -2.53. The topological polar surface area (TPSA) is 98.5 Å². The standard InChI is InChI=1S/C33H41N7O3S/c1-5-38(24-16-22-9-10-23(17-24)40(22)32(41)43-33(2,3)4)28-14-13-27(36-37-28)26-12-11-25(30-31(26)44-20-34-30)21-18-35-39(19-21)29-8-6-7-15-42-29/h11-14,18-20,22-24,29H,5-10,15-17H2,1-4H3. The molecule has 0 spiro atoms. The minimum Gasteiger partial charge on any atom is -0.444 e. The Kier molecular flexibility index (Phi) is 7.78. The number of hydrogen-bond acceptors (Lipinski definition) is 9. The summed E-state index contributed by atoms with van der Waals surface area (Å²) in [6, 6.07) is 9.11. The van der Waals surface area contributed by atoms with E-state index in [1.54, 1.807) is 11.3 Å². The summed E-state index contributed by atoms with van der Waals surface area (Å²) in [4.78, 5) is 22.1. The van der Waals surface area contributed by atoms with Crippen LogP contribution in [0.5, 0.6) is 0 Å². The second kappa shape index (κ2) is 11.7. The number of piperidine rings is 1. The van der Waals surface area contributed by atoms with Crippen molar-refractivity contribution in [3.8, 4) is 22.4 Å². The van der Waals surface area contributed by atoms with Gasteiger partial charge in [-0.25, -0.2) is 14.5 Å². The Morgan fingerprint density at radius 1 is 1.07 bits per heavy atom. The monoisotopic (exact) mass is 615 g/mol. The number of hydrogen-bond donors (Lipinski definition) is 0. The van der Waals surface area contributed by atoms with Gasteiger partial charge in [0.1, 0.15) is 11.8 Å². The number of carbonyl (C=O) groups is 1. The maximum Gasteiger partial charge on any atom is 0.410 e. The number of nitrogens with zero attached hydrogens (tertiary/aromatic N) is 7. The highest BCUT2D eigenvalue weighted by atomic mass is 32.1. The quantitative estimate of drug-likeness (QED) is 0.227. The molecule has 0 aliphatic carbocycles. The second-order valence-electron chi connectivity index (χ2n) is 13.2. The highest BCUT2D eigenvalue weighted by molar-refractivity contribution is 7.17. The van der Waals surface area contributed by atoms with Crippen LogP contribution < -0.4 is 4.90 Å². The van der Waals surface area contributed by atoms with Crippen LogP contribution >= 0.6 is 11.3 Å². The molecule has 7 rings (SSSR count). The molecule has 0 N–H and O–H groups in total. The summed E-state index contributed by atoms with van der Waals surface area (Å²) in [6.07, 6.45) is 11.0. The van der Waals surface area contributed by atoms with Crippen molar-refractivity contribution < 1.29 is 14.3 Å². The summed E-state index contributed by atoms with van der Waals surface area (Å²) in [5, 5.41) is 14.1.